The molecule has 0 saturated heterocycles. The van der Waals surface area contributed by atoms with E-state index in [0.29, 0.717) is 13.1 Å². The van der Waals surface area contributed by atoms with Crippen LogP contribution in [-0.2, 0) is 17.8 Å². The van der Waals surface area contributed by atoms with Crippen LogP contribution in [0, 0.1) is 0 Å². The minimum Gasteiger partial charge on any atom is -0.481 e. The van der Waals surface area contributed by atoms with Crippen LogP contribution in [0.5, 0.6) is 0 Å². The van der Waals surface area contributed by atoms with E-state index in [2.05, 4.69) is 5.32 Å². The molecule has 2 rings (SSSR count). The Bertz CT molecular complexity index is 465. The second-order valence-corrected chi connectivity index (χ2v) is 6.08. The molecule has 0 radical (unpaired) electrons. The van der Waals surface area contributed by atoms with Gasteiger partial charge in [-0.2, -0.15) is 0 Å². The van der Waals surface area contributed by atoms with Gasteiger partial charge in [-0.25, -0.2) is 0 Å². The van der Waals surface area contributed by atoms with E-state index in [0.717, 1.165) is 36.8 Å². The first-order chi connectivity index (χ1) is 10.1. The Balaban J connectivity index is 1.89. The van der Waals surface area contributed by atoms with Crippen LogP contribution in [0.15, 0.2) is 24.3 Å². The summed E-state index contributed by atoms with van der Waals surface area (Å²) in [6, 6.07) is 7.58. The standard InChI is InChI=1S/C17H25NO3/c19-16(20)11-14-7-3-4-8-15(14)12-18-13-17(21)9-5-1-2-6-10-17/h3-4,7-8,18,21H,1-2,5-6,9-13H2,(H,19,20). The third kappa shape index (κ3) is 5.14. The molecule has 4 heteroatoms. The molecular weight excluding hydrogens is 266 g/mol. The molecule has 1 aromatic carbocycles. The third-order valence-electron chi connectivity index (χ3n) is 4.26. The van der Waals surface area contributed by atoms with Gasteiger partial charge < -0.3 is 15.5 Å². The second kappa shape index (κ2) is 7.57. The van der Waals surface area contributed by atoms with E-state index >= 15 is 0 Å². The largest absolute Gasteiger partial charge is 0.481 e. The van der Waals surface area contributed by atoms with E-state index in [1.807, 2.05) is 24.3 Å². The fourth-order valence-corrected chi connectivity index (χ4v) is 3.06. The van der Waals surface area contributed by atoms with Crippen molar-refractivity contribution in [2.24, 2.45) is 0 Å². The monoisotopic (exact) mass is 291 g/mol. The maximum atomic E-state index is 10.9. The van der Waals surface area contributed by atoms with Gasteiger partial charge in [0.2, 0.25) is 0 Å². The summed E-state index contributed by atoms with van der Waals surface area (Å²) >= 11 is 0. The Morgan fingerprint density at radius 1 is 1.10 bits per heavy atom. The van der Waals surface area contributed by atoms with Gasteiger partial charge in [-0.05, 0) is 24.0 Å². The molecule has 0 aliphatic heterocycles. The topological polar surface area (TPSA) is 69.6 Å². The summed E-state index contributed by atoms with van der Waals surface area (Å²) in [6.45, 7) is 1.18. The number of hydrogen-bond donors (Lipinski definition) is 3. The van der Waals surface area contributed by atoms with E-state index in [1.165, 1.54) is 12.8 Å². The van der Waals surface area contributed by atoms with Crippen molar-refractivity contribution in [2.45, 2.75) is 57.1 Å². The van der Waals surface area contributed by atoms with Gasteiger partial charge in [0.25, 0.3) is 0 Å². The highest BCUT2D eigenvalue weighted by molar-refractivity contribution is 5.70. The third-order valence-corrected chi connectivity index (χ3v) is 4.26. The number of nitrogens with one attached hydrogen (secondary N) is 1. The fraction of sp³-hybridized carbons (Fsp3) is 0.588. The molecule has 4 nitrogen and oxygen atoms in total. The molecule has 0 spiro atoms. The van der Waals surface area contributed by atoms with Gasteiger partial charge in [0.15, 0.2) is 0 Å². The number of hydrogen-bond acceptors (Lipinski definition) is 3. The molecule has 0 heterocycles. The quantitative estimate of drug-likeness (QED) is 0.704. The molecule has 1 aliphatic carbocycles. The summed E-state index contributed by atoms with van der Waals surface area (Å²) in [5.74, 6) is -0.815. The van der Waals surface area contributed by atoms with Crippen LogP contribution in [0.2, 0.25) is 0 Å². The average Bonchev–Trinajstić information content (AvgIpc) is 2.65. The maximum absolute atomic E-state index is 10.9. The van der Waals surface area contributed by atoms with Crippen LogP contribution in [0.3, 0.4) is 0 Å². The van der Waals surface area contributed by atoms with E-state index in [1.54, 1.807) is 0 Å². The predicted molar refractivity (Wildman–Crippen MR) is 82.1 cm³/mol. The molecule has 116 valence electrons. The second-order valence-electron chi connectivity index (χ2n) is 6.08. The lowest BCUT2D eigenvalue weighted by atomic mass is 9.94. The summed E-state index contributed by atoms with van der Waals surface area (Å²) in [6.07, 6.45) is 6.37. The van der Waals surface area contributed by atoms with Crippen LogP contribution in [0.25, 0.3) is 0 Å². The summed E-state index contributed by atoms with van der Waals surface area (Å²) in [7, 11) is 0. The molecule has 1 saturated carbocycles. The number of aliphatic hydroxyl groups is 1. The number of rotatable bonds is 6. The molecule has 0 aromatic heterocycles. The fourth-order valence-electron chi connectivity index (χ4n) is 3.06. The van der Waals surface area contributed by atoms with Gasteiger partial charge in [0.1, 0.15) is 0 Å². The molecule has 21 heavy (non-hydrogen) atoms. The Morgan fingerprint density at radius 3 is 2.33 bits per heavy atom. The summed E-state index contributed by atoms with van der Waals surface area (Å²) in [4.78, 5) is 10.9. The zero-order chi connectivity index (χ0) is 15.1. The van der Waals surface area contributed by atoms with Crippen molar-refractivity contribution >= 4 is 5.97 Å². The Labute approximate surface area is 126 Å². The van der Waals surface area contributed by atoms with Gasteiger partial charge in [-0.3, -0.25) is 4.79 Å². The molecule has 3 N–H and O–H groups in total. The molecule has 1 fully saturated rings. The SMILES string of the molecule is O=C(O)Cc1ccccc1CNCC1(O)CCCCCC1. The summed E-state index contributed by atoms with van der Waals surface area (Å²) < 4.78 is 0. The lowest BCUT2D eigenvalue weighted by Crippen LogP contribution is -2.40. The first-order valence-electron chi connectivity index (χ1n) is 7.81. The Kier molecular flexibility index (Phi) is 5.76. The van der Waals surface area contributed by atoms with Crippen LogP contribution < -0.4 is 5.32 Å². The molecular formula is C17H25NO3. The Hall–Kier alpha value is -1.39. The molecule has 0 atom stereocenters. The van der Waals surface area contributed by atoms with E-state index in [-0.39, 0.29) is 6.42 Å². The van der Waals surface area contributed by atoms with Crippen LogP contribution >= 0.6 is 0 Å². The number of carboxylic acid groups (broad SMARTS) is 1. The number of benzene rings is 1. The van der Waals surface area contributed by atoms with E-state index < -0.39 is 11.6 Å². The van der Waals surface area contributed by atoms with Crippen molar-refractivity contribution in [2.75, 3.05) is 6.54 Å². The van der Waals surface area contributed by atoms with Crippen LogP contribution in [-0.4, -0.2) is 28.3 Å². The van der Waals surface area contributed by atoms with Crippen LogP contribution in [0.4, 0.5) is 0 Å². The van der Waals surface area contributed by atoms with Crippen molar-refractivity contribution in [1.29, 1.82) is 0 Å². The lowest BCUT2D eigenvalue weighted by Gasteiger charge is -2.27. The Morgan fingerprint density at radius 2 is 1.71 bits per heavy atom. The van der Waals surface area contributed by atoms with Crippen molar-refractivity contribution in [3.05, 3.63) is 35.4 Å². The number of carboxylic acids is 1. The smallest absolute Gasteiger partial charge is 0.307 e. The molecule has 0 amide bonds. The van der Waals surface area contributed by atoms with Crippen molar-refractivity contribution in [1.82, 2.24) is 5.32 Å². The highest BCUT2D eigenvalue weighted by Gasteiger charge is 2.27. The maximum Gasteiger partial charge on any atom is 0.307 e. The minimum atomic E-state index is -0.815. The summed E-state index contributed by atoms with van der Waals surface area (Å²) in [5.41, 5.74) is 1.24. The predicted octanol–water partition coefficient (Wildman–Crippen LogP) is 2.49. The normalized spacial score (nSPS) is 18.1. The van der Waals surface area contributed by atoms with E-state index in [9.17, 15) is 9.90 Å². The first kappa shape index (κ1) is 16.0. The van der Waals surface area contributed by atoms with Gasteiger partial charge in [0, 0.05) is 13.1 Å². The van der Waals surface area contributed by atoms with Crippen molar-refractivity contribution in [3.63, 3.8) is 0 Å². The molecule has 0 bridgehead atoms. The van der Waals surface area contributed by atoms with Crippen LogP contribution in [0.1, 0.15) is 49.7 Å². The van der Waals surface area contributed by atoms with Gasteiger partial charge in [-0.15, -0.1) is 0 Å². The number of carbonyl (C=O) groups is 1. The van der Waals surface area contributed by atoms with Crippen molar-refractivity contribution in [3.8, 4) is 0 Å². The molecule has 1 aliphatic rings. The van der Waals surface area contributed by atoms with Crippen molar-refractivity contribution < 1.29 is 15.0 Å². The zero-order valence-electron chi connectivity index (χ0n) is 12.5. The molecule has 1 aromatic rings. The van der Waals surface area contributed by atoms with Gasteiger partial charge >= 0.3 is 5.97 Å². The van der Waals surface area contributed by atoms with Gasteiger partial charge in [-0.1, -0.05) is 49.9 Å². The van der Waals surface area contributed by atoms with Gasteiger partial charge in [0.05, 0.1) is 12.0 Å². The molecule has 0 unspecified atom stereocenters. The first-order valence-corrected chi connectivity index (χ1v) is 7.81. The highest BCUT2D eigenvalue weighted by Crippen LogP contribution is 2.26. The zero-order valence-corrected chi connectivity index (χ0v) is 12.5. The lowest BCUT2D eigenvalue weighted by molar-refractivity contribution is -0.136. The summed E-state index contributed by atoms with van der Waals surface area (Å²) in [5, 5.41) is 22.8. The average molecular weight is 291 g/mol. The minimum absolute atomic E-state index is 0.0438. The number of aliphatic carboxylic acids is 1. The van der Waals surface area contributed by atoms with E-state index in [4.69, 9.17) is 5.11 Å². The highest BCUT2D eigenvalue weighted by atomic mass is 16.4.